The topological polar surface area (TPSA) is 35.5 Å². The van der Waals surface area contributed by atoms with Gasteiger partial charge in [0.15, 0.2) is 5.78 Å². The van der Waals surface area contributed by atoms with Crippen LogP contribution in [-0.4, -0.2) is 12.9 Å². The van der Waals surface area contributed by atoms with Crippen molar-refractivity contribution >= 4 is 5.78 Å². The monoisotopic (exact) mass is 656 g/mol. The van der Waals surface area contributed by atoms with Crippen molar-refractivity contribution < 1.29 is 14.3 Å². The van der Waals surface area contributed by atoms with Crippen molar-refractivity contribution in [1.82, 2.24) is 0 Å². The van der Waals surface area contributed by atoms with Crippen LogP contribution in [-0.2, 0) is 5.41 Å². The maximum Gasteiger partial charge on any atom is 0.193 e. The molecule has 3 nitrogen and oxygen atoms in total. The summed E-state index contributed by atoms with van der Waals surface area (Å²) in [6, 6.07) is 53.4. The molecule has 0 saturated heterocycles. The molecule has 0 unspecified atom stereocenters. The Labute approximate surface area is 297 Å². The highest BCUT2D eigenvalue weighted by Gasteiger charge is 2.51. The number of methoxy groups -OCH3 is 1. The zero-order valence-electron chi connectivity index (χ0n) is 28.2. The Hall–Kier alpha value is -6.63. The van der Waals surface area contributed by atoms with Gasteiger partial charge >= 0.3 is 0 Å². The Morgan fingerprint density at radius 3 is 1.78 bits per heavy atom. The summed E-state index contributed by atoms with van der Waals surface area (Å²) >= 11 is 0. The van der Waals surface area contributed by atoms with Crippen LogP contribution in [0.1, 0.15) is 54.9 Å². The number of aryl methyl sites for hydroxylation is 1. The van der Waals surface area contributed by atoms with Gasteiger partial charge in [0.1, 0.15) is 17.2 Å². The van der Waals surface area contributed by atoms with E-state index in [1.165, 1.54) is 50.1 Å². The fourth-order valence-corrected chi connectivity index (χ4v) is 7.83. The van der Waals surface area contributed by atoms with Crippen LogP contribution < -0.4 is 9.47 Å². The van der Waals surface area contributed by atoms with Gasteiger partial charge < -0.3 is 9.47 Å². The third-order valence-corrected chi connectivity index (χ3v) is 10.1. The normalized spacial score (nSPS) is 12.6. The predicted octanol–water partition coefficient (Wildman–Crippen LogP) is 10.8. The lowest BCUT2D eigenvalue weighted by Gasteiger charge is -2.30. The molecule has 7 aromatic carbocycles. The van der Waals surface area contributed by atoms with Gasteiger partial charge in [0, 0.05) is 22.3 Å². The minimum Gasteiger partial charge on any atom is -0.497 e. The maximum atomic E-state index is 13.1. The number of ketones is 1. The standard InChI is InChI=1S/C48H32O3/c1-31-14-26-41-42-27-25-38(30-46(42)48(45(41)28-31)43-12-5-3-10-39(43)40-11-4-6-13-44(40)48)51-37-21-17-32(18-22-37)15-16-33-8-7-9-35(29-33)47(49)34-19-23-36(50-2)24-20-34/h3-14,17-30H,1-2H3. The molecule has 0 N–H and O–H groups in total. The average Bonchev–Trinajstić information content (AvgIpc) is 3.64. The minimum atomic E-state index is -0.417. The molecule has 9 rings (SSSR count). The van der Waals surface area contributed by atoms with Crippen LogP contribution in [0.5, 0.6) is 17.2 Å². The molecule has 1 spiro atoms. The molecule has 0 heterocycles. The van der Waals surface area contributed by atoms with E-state index in [4.69, 9.17) is 9.47 Å². The molecule has 0 aliphatic heterocycles. The molecule has 0 radical (unpaired) electrons. The first-order valence-corrected chi connectivity index (χ1v) is 17.1. The molecule has 0 fully saturated rings. The molecule has 2 aliphatic rings. The van der Waals surface area contributed by atoms with Gasteiger partial charge in [-0.1, -0.05) is 102 Å². The Kier molecular flexibility index (Phi) is 7.19. The Balaban J connectivity index is 1.01. The van der Waals surface area contributed by atoms with Gasteiger partial charge in [-0.25, -0.2) is 0 Å². The van der Waals surface area contributed by atoms with Crippen LogP contribution in [0.2, 0.25) is 0 Å². The summed E-state index contributed by atoms with van der Waals surface area (Å²) in [5, 5.41) is 0. The molecule has 0 saturated carbocycles. The summed E-state index contributed by atoms with van der Waals surface area (Å²) in [5.41, 5.74) is 13.9. The van der Waals surface area contributed by atoms with Crippen LogP contribution in [0.15, 0.2) is 158 Å². The maximum absolute atomic E-state index is 13.1. The molecule has 2 aliphatic carbocycles. The molecular formula is C48H32O3. The summed E-state index contributed by atoms with van der Waals surface area (Å²) in [6.07, 6.45) is 0. The van der Waals surface area contributed by atoms with Crippen LogP contribution in [0.25, 0.3) is 22.3 Å². The summed E-state index contributed by atoms with van der Waals surface area (Å²) in [6.45, 7) is 2.17. The van der Waals surface area contributed by atoms with E-state index in [2.05, 4.69) is 104 Å². The van der Waals surface area contributed by atoms with E-state index >= 15 is 0 Å². The number of carbonyl (C=O) groups is 1. The molecule has 242 valence electrons. The van der Waals surface area contributed by atoms with E-state index in [1.54, 1.807) is 31.4 Å². The molecule has 0 bridgehead atoms. The molecule has 0 atom stereocenters. The summed E-state index contributed by atoms with van der Waals surface area (Å²) < 4.78 is 11.7. The Morgan fingerprint density at radius 2 is 1.08 bits per heavy atom. The zero-order valence-corrected chi connectivity index (χ0v) is 28.2. The van der Waals surface area contributed by atoms with Crippen molar-refractivity contribution in [1.29, 1.82) is 0 Å². The summed E-state index contributed by atoms with van der Waals surface area (Å²) in [4.78, 5) is 13.1. The van der Waals surface area contributed by atoms with Crippen molar-refractivity contribution in [3.8, 4) is 51.3 Å². The first kappa shape index (κ1) is 30.4. The number of fused-ring (bicyclic) bond motifs is 10. The van der Waals surface area contributed by atoms with Gasteiger partial charge in [-0.2, -0.15) is 0 Å². The Bertz CT molecular complexity index is 2520. The fraction of sp³-hybridized carbons (Fsp3) is 0.0625. The number of hydrogen-bond acceptors (Lipinski definition) is 3. The average molecular weight is 657 g/mol. The molecule has 7 aromatic rings. The first-order chi connectivity index (χ1) is 25.0. The lowest BCUT2D eigenvalue weighted by atomic mass is 9.70. The van der Waals surface area contributed by atoms with Crippen LogP contribution in [0.4, 0.5) is 0 Å². The number of carbonyl (C=O) groups excluding carboxylic acids is 1. The minimum absolute atomic E-state index is 0.0550. The lowest BCUT2D eigenvalue weighted by Crippen LogP contribution is -2.26. The van der Waals surface area contributed by atoms with Crippen molar-refractivity contribution in [3.63, 3.8) is 0 Å². The van der Waals surface area contributed by atoms with Crippen molar-refractivity contribution in [2.75, 3.05) is 7.11 Å². The molecule has 0 aromatic heterocycles. The second-order valence-corrected chi connectivity index (χ2v) is 13.1. The number of ether oxygens (including phenoxy) is 2. The van der Waals surface area contributed by atoms with Gasteiger partial charge in [-0.15, -0.1) is 0 Å². The smallest absolute Gasteiger partial charge is 0.193 e. The first-order valence-electron chi connectivity index (χ1n) is 17.1. The predicted molar refractivity (Wildman–Crippen MR) is 203 cm³/mol. The van der Waals surface area contributed by atoms with E-state index < -0.39 is 5.41 Å². The van der Waals surface area contributed by atoms with Crippen LogP contribution >= 0.6 is 0 Å². The molecule has 0 amide bonds. The van der Waals surface area contributed by atoms with Crippen molar-refractivity contribution in [2.24, 2.45) is 0 Å². The van der Waals surface area contributed by atoms with Crippen molar-refractivity contribution in [2.45, 2.75) is 12.3 Å². The zero-order chi connectivity index (χ0) is 34.5. The number of benzene rings is 7. The highest BCUT2D eigenvalue weighted by atomic mass is 16.5. The third-order valence-electron chi connectivity index (χ3n) is 10.1. The summed E-state index contributed by atoms with van der Waals surface area (Å²) in [5.74, 6) is 8.64. The second-order valence-electron chi connectivity index (χ2n) is 13.1. The van der Waals surface area contributed by atoms with Crippen LogP contribution in [0, 0.1) is 18.8 Å². The van der Waals surface area contributed by atoms with E-state index in [1.807, 2.05) is 48.5 Å². The van der Waals surface area contributed by atoms with Gasteiger partial charge in [0.25, 0.3) is 0 Å². The van der Waals surface area contributed by atoms with Gasteiger partial charge in [0.05, 0.1) is 12.5 Å². The quantitative estimate of drug-likeness (QED) is 0.137. The number of hydrogen-bond donors (Lipinski definition) is 0. The van der Waals surface area contributed by atoms with E-state index in [9.17, 15) is 4.79 Å². The highest BCUT2D eigenvalue weighted by molar-refractivity contribution is 6.09. The lowest BCUT2D eigenvalue weighted by molar-refractivity contribution is 0.103. The second kappa shape index (κ2) is 12.1. The fourth-order valence-electron chi connectivity index (χ4n) is 7.83. The van der Waals surface area contributed by atoms with E-state index in [0.717, 1.165) is 22.6 Å². The third kappa shape index (κ3) is 4.96. The van der Waals surface area contributed by atoms with Crippen molar-refractivity contribution in [3.05, 3.63) is 208 Å². The van der Waals surface area contributed by atoms with Gasteiger partial charge in [-0.05, 0) is 124 Å². The largest absolute Gasteiger partial charge is 0.497 e. The highest BCUT2D eigenvalue weighted by Crippen LogP contribution is 2.63. The molecular weight excluding hydrogens is 625 g/mol. The van der Waals surface area contributed by atoms with E-state index in [-0.39, 0.29) is 5.78 Å². The van der Waals surface area contributed by atoms with E-state index in [0.29, 0.717) is 16.9 Å². The van der Waals surface area contributed by atoms with Gasteiger partial charge in [0.2, 0.25) is 0 Å². The Morgan fingerprint density at radius 1 is 0.490 bits per heavy atom. The molecule has 3 heteroatoms. The van der Waals surface area contributed by atoms with Gasteiger partial charge in [-0.3, -0.25) is 4.79 Å². The number of rotatable bonds is 5. The van der Waals surface area contributed by atoms with Crippen LogP contribution in [0.3, 0.4) is 0 Å². The molecule has 51 heavy (non-hydrogen) atoms. The summed E-state index contributed by atoms with van der Waals surface area (Å²) in [7, 11) is 1.61. The SMILES string of the molecule is COc1ccc(C(=O)c2cccc(C#Cc3ccc(Oc4ccc5c(c4)C4(c6ccccc6-c6ccccc64)c4cc(C)ccc4-5)cc3)c2)cc1.